The smallest absolute Gasteiger partial charge is 0.262 e. The Labute approximate surface area is 320 Å². The normalized spacial score (nSPS) is 24.4. The van der Waals surface area contributed by atoms with Gasteiger partial charge in [0.05, 0.1) is 11.1 Å². The minimum absolute atomic E-state index is 0.0133. The number of piperidine rings is 2. The molecule has 10 rings (SSSR count). The number of carbonyl (C=O) groups is 5. The SMILES string of the molecule is O=C1CCC(N2C(=O)c3cc4c(cc3C2=O)CC2(C4)CN(C(=O)C3CCN(c4ccc(C5c6ccccc6CCC5c5ccccc5)cc4)CC3)C2)C(=O)N1. The molecule has 1 spiro atoms. The van der Waals surface area contributed by atoms with Gasteiger partial charge in [0.2, 0.25) is 17.7 Å². The molecule has 3 fully saturated rings. The number of anilines is 1. The van der Waals surface area contributed by atoms with Crippen LogP contribution in [0.25, 0.3) is 0 Å². The van der Waals surface area contributed by atoms with Gasteiger partial charge in [-0.2, -0.15) is 0 Å². The van der Waals surface area contributed by atoms with Gasteiger partial charge in [0, 0.05) is 55.5 Å². The van der Waals surface area contributed by atoms with Crippen molar-refractivity contribution >= 4 is 35.2 Å². The minimum atomic E-state index is -0.969. The van der Waals surface area contributed by atoms with Gasteiger partial charge in [-0.3, -0.25) is 34.2 Å². The average molecular weight is 733 g/mol. The summed E-state index contributed by atoms with van der Waals surface area (Å²) in [6, 6.07) is 31.8. The topological polar surface area (TPSA) is 107 Å². The Balaban J connectivity index is 0.760. The summed E-state index contributed by atoms with van der Waals surface area (Å²) in [6.45, 7) is 3.07. The van der Waals surface area contributed by atoms with Gasteiger partial charge in [0.1, 0.15) is 6.04 Å². The number of imide groups is 2. The van der Waals surface area contributed by atoms with Crippen LogP contribution in [0.4, 0.5) is 5.69 Å². The van der Waals surface area contributed by atoms with Crippen LogP contribution in [-0.4, -0.2) is 71.6 Å². The first kappa shape index (κ1) is 34.0. The average Bonchev–Trinajstić information content (AvgIpc) is 3.70. The molecule has 4 heterocycles. The molecule has 9 nitrogen and oxygen atoms in total. The fourth-order valence-electron chi connectivity index (χ4n) is 10.7. The number of nitrogens with zero attached hydrogens (tertiary/aromatic N) is 3. The second-order valence-corrected chi connectivity index (χ2v) is 16.7. The van der Waals surface area contributed by atoms with E-state index >= 15 is 0 Å². The molecule has 0 bridgehead atoms. The highest BCUT2D eigenvalue weighted by molar-refractivity contribution is 6.23. The van der Waals surface area contributed by atoms with Crippen molar-refractivity contribution in [3.8, 4) is 0 Å². The van der Waals surface area contributed by atoms with Crippen LogP contribution in [0, 0.1) is 11.3 Å². The number of fused-ring (bicyclic) bond motifs is 3. The molecule has 278 valence electrons. The third-order valence-corrected chi connectivity index (χ3v) is 13.5. The third-order valence-electron chi connectivity index (χ3n) is 13.5. The zero-order valence-corrected chi connectivity index (χ0v) is 30.8. The molecule has 6 aliphatic rings. The van der Waals surface area contributed by atoms with Crippen molar-refractivity contribution in [2.75, 3.05) is 31.1 Å². The molecule has 3 unspecified atom stereocenters. The first-order valence-corrected chi connectivity index (χ1v) is 19.9. The molecule has 0 aromatic heterocycles. The van der Waals surface area contributed by atoms with E-state index < -0.39 is 23.8 Å². The molecular weight excluding hydrogens is 689 g/mol. The van der Waals surface area contributed by atoms with E-state index in [1.165, 1.54) is 27.9 Å². The van der Waals surface area contributed by atoms with E-state index in [1.807, 2.05) is 17.0 Å². The van der Waals surface area contributed by atoms with Crippen LogP contribution in [0.15, 0.2) is 91.0 Å². The van der Waals surface area contributed by atoms with Crippen LogP contribution in [0.2, 0.25) is 0 Å². The number of hydrogen-bond acceptors (Lipinski definition) is 6. The second-order valence-electron chi connectivity index (χ2n) is 16.7. The summed E-state index contributed by atoms with van der Waals surface area (Å²) in [5.74, 6) is -0.925. The first-order chi connectivity index (χ1) is 26.7. The van der Waals surface area contributed by atoms with Crippen molar-refractivity contribution < 1.29 is 24.0 Å². The Morgan fingerprint density at radius 2 is 1.33 bits per heavy atom. The van der Waals surface area contributed by atoms with Crippen LogP contribution >= 0.6 is 0 Å². The lowest BCUT2D eigenvalue weighted by atomic mass is 9.69. The summed E-state index contributed by atoms with van der Waals surface area (Å²) < 4.78 is 0. The zero-order valence-electron chi connectivity index (χ0n) is 30.8. The fraction of sp³-hybridized carbons (Fsp3) is 0.370. The van der Waals surface area contributed by atoms with Gasteiger partial charge in [-0.05, 0) is 109 Å². The fourth-order valence-corrected chi connectivity index (χ4v) is 10.7. The van der Waals surface area contributed by atoms with E-state index in [0.717, 1.165) is 67.6 Å². The standard InChI is InChI=1S/C46H44N4O5/c51-40-17-16-39(42(52)47-40)50-44(54)37-22-32-24-46(25-33(32)23-38(37)45(50)55)26-49(27-46)43(53)31-18-20-48(21-19-31)34-13-10-30(11-14-34)41-35-9-5-4-8-29(35)12-15-36(41)28-6-2-1-3-7-28/h1-11,13-14,22-23,31,36,39,41H,12,15-21,24-27H2,(H,47,51,52). The van der Waals surface area contributed by atoms with Crippen molar-refractivity contribution in [2.24, 2.45) is 11.3 Å². The molecule has 0 saturated carbocycles. The zero-order chi connectivity index (χ0) is 37.4. The maximum atomic E-state index is 13.7. The summed E-state index contributed by atoms with van der Waals surface area (Å²) >= 11 is 0. The molecule has 4 aromatic rings. The quantitative estimate of drug-likeness (QED) is 0.261. The van der Waals surface area contributed by atoms with E-state index in [0.29, 0.717) is 36.1 Å². The minimum Gasteiger partial charge on any atom is -0.371 e. The van der Waals surface area contributed by atoms with Crippen LogP contribution < -0.4 is 10.2 Å². The molecule has 55 heavy (non-hydrogen) atoms. The largest absolute Gasteiger partial charge is 0.371 e. The van der Waals surface area contributed by atoms with Gasteiger partial charge in [-0.1, -0.05) is 66.7 Å². The molecule has 2 aliphatic carbocycles. The lowest BCUT2D eigenvalue weighted by molar-refractivity contribution is -0.148. The Kier molecular flexibility index (Phi) is 8.05. The summed E-state index contributed by atoms with van der Waals surface area (Å²) in [5, 5.41) is 2.25. The number of nitrogens with one attached hydrogen (secondary N) is 1. The van der Waals surface area contributed by atoms with Crippen molar-refractivity contribution in [1.29, 1.82) is 0 Å². The molecule has 4 aliphatic heterocycles. The van der Waals surface area contributed by atoms with Gasteiger partial charge in [-0.15, -0.1) is 0 Å². The monoisotopic (exact) mass is 732 g/mol. The Hall–Kier alpha value is -5.57. The number of aryl methyl sites for hydroxylation is 1. The van der Waals surface area contributed by atoms with Gasteiger partial charge in [0.25, 0.3) is 11.8 Å². The lowest BCUT2D eigenvalue weighted by Crippen LogP contribution is -2.60. The number of likely N-dealkylation sites (tertiary alicyclic amines) is 1. The predicted molar refractivity (Wildman–Crippen MR) is 207 cm³/mol. The number of amides is 5. The van der Waals surface area contributed by atoms with Crippen LogP contribution in [0.1, 0.15) is 98.0 Å². The highest BCUT2D eigenvalue weighted by Gasteiger charge is 2.52. The predicted octanol–water partition coefficient (Wildman–Crippen LogP) is 5.79. The summed E-state index contributed by atoms with van der Waals surface area (Å²) in [4.78, 5) is 70.1. The Morgan fingerprint density at radius 1 is 0.673 bits per heavy atom. The molecule has 0 radical (unpaired) electrons. The van der Waals surface area contributed by atoms with E-state index in [1.54, 1.807) is 0 Å². The van der Waals surface area contributed by atoms with Crippen molar-refractivity contribution in [3.63, 3.8) is 0 Å². The maximum Gasteiger partial charge on any atom is 0.262 e. The van der Waals surface area contributed by atoms with Gasteiger partial charge < -0.3 is 9.80 Å². The van der Waals surface area contributed by atoms with E-state index in [4.69, 9.17) is 0 Å². The van der Waals surface area contributed by atoms with E-state index in [9.17, 15) is 24.0 Å². The molecular formula is C46H44N4O5. The van der Waals surface area contributed by atoms with Crippen molar-refractivity contribution in [3.05, 3.63) is 136 Å². The Bertz CT molecular complexity index is 2210. The molecule has 3 saturated heterocycles. The molecule has 5 amide bonds. The maximum absolute atomic E-state index is 13.7. The van der Waals surface area contributed by atoms with Gasteiger partial charge in [0.15, 0.2) is 0 Å². The van der Waals surface area contributed by atoms with Crippen LogP contribution in [-0.2, 0) is 33.6 Å². The third kappa shape index (κ3) is 5.69. The summed E-state index contributed by atoms with van der Waals surface area (Å²) in [7, 11) is 0. The number of benzene rings is 4. The van der Waals surface area contributed by atoms with Crippen molar-refractivity contribution in [2.45, 2.75) is 69.2 Å². The van der Waals surface area contributed by atoms with Crippen LogP contribution in [0.3, 0.4) is 0 Å². The molecule has 4 aromatic carbocycles. The Morgan fingerprint density at radius 3 is 2.00 bits per heavy atom. The van der Waals surface area contributed by atoms with E-state index in [2.05, 4.69) is 89.1 Å². The van der Waals surface area contributed by atoms with Crippen LogP contribution in [0.5, 0.6) is 0 Å². The first-order valence-electron chi connectivity index (χ1n) is 19.9. The summed E-state index contributed by atoms with van der Waals surface area (Å²) in [6.07, 6.45) is 5.65. The molecule has 3 atom stereocenters. The number of rotatable bonds is 5. The number of hydrogen-bond donors (Lipinski definition) is 1. The number of carbonyl (C=O) groups excluding carboxylic acids is 5. The molecule has 1 N–H and O–H groups in total. The highest BCUT2D eigenvalue weighted by atomic mass is 16.2. The second kappa shape index (κ2) is 13.0. The highest BCUT2D eigenvalue weighted by Crippen LogP contribution is 2.48. The lowest BCUT2D eigenvalue weighted by Gasteiger charge is -2.50. The summed E-state index contributed by atoms with van der Waals surface area (Å²) in [5.41, 5.74) is 9.54. The van der Waals surface area contributed by atoms with Crippen molar-refractivity contribution in [1.82, 2.24) is 15.1 Å². The van der Waals surface area contributed by atoms with Gasteiger partial charge in [-0.25, -0.2) is 0 Å². The molecule has 9 heteroatoms. The van der Waals surface area contributed by atoms with Gasteiger partial charge >= 0.3 is 0 Å². The van der Waals surface area contributed by atoms with E-state index in [-0.39, 0.29) is 36.0 Å².